The Kier molecular flexibility index (Phi) is 5.01. The fourth-order valence-corrected chi connectivity index (χ4v) is 3.11. The van der Waals surface area contributed by atoms with Crippen LogP contribution in [-0.4, -0.2) is 30.8 Å². The number of hydrogen-bond donors (Lipinski definition) is 1. The summed E-state index contributed by atoms with van der Waals surface area (Å²) >= 11 is 1.54. The average molecular weight is 380 g/mol. The van der Waals surface area contributed by atoms with E-state index in [1.807, 2.05) is 35.7 Å². The number of anilines is 1. The molecule has 4 heterocycles. The molecule has 0 aliphatic heterocycles. The molecule has 0 saturated heterocycles. The highest BCUT2D eigenvalue weighted by atomic mass is 32.1. The summed E-state index contributed by atoms with van der Waals surface area (Å²) in [6, 6.07) is 11.3. The van der Waals surface area contributed by atoms with E-state index in [2.05, 4.69) is 25.5 Å². The van der Waals surface area contributed by atoms with E-state index in [1.54, 1.807) is 23.1 Å². The van der Waals surface area contributed by atoms with Crippen LogP contribution in [0.5, 0.6) is 0 Å². The summed E-state index contributed by atoms with van der Waals surface area (Å²) < 4.78 is 6.92. The highest BCUT2D eigenvalue weighted by molar-refractivity contribution is 7.13. The molecule has 0 spiro atoms. The Hall–Kier alpha value is -3.33. The van der Waals surface area contributed by atoms with Gasteiger partial charge >= 0.3 is 0 Å². The minimum Gasteiger partial charge on any atom is -0.339 e. The molecule has 0 fully saturated rings. The van der Waals surface area contributed by atoms with E-state index in [0.717, 1.165) is 10.6 Å². The minimum absolute atomic E-state index is 0.158. The molecule has 4 aromatic rings. The average Bonchev–Trinajstić information content (AvgIpc) is 3.43. The van der Waals surface area contributed by atoms with Crippen molar-refractivity contribution in [2.75, 3.05) is 5.32 Å². The van der Waals surface area contributed by atoms with Crippen molar-refractivity contribution >= 4 is 23.1 Å². The number of aryl methyl sites for hydroxylation is 1. The molecular weight excluding hydrogens is 364 g/mol. The van der Waals surface area contributed by atoms with Crippen LogP contribution >= 0.6 is 11.3 Å². The first kappa shape index (κ1) is 17.1. The minimum atomic E-state index is -0.158. The van der Waals surface area contributed by atoms with Crippen LogP contribution in [0.25, 0.3) is 10.7 Å². The number of aromatic nitrogens is 5. The summed E-state index contributed by atoms with van der Waals surface area (Å²) in [5.41, 5.74) is 0.899. The topological polar surface area (TPSA) is 98.7 Å². The SMILES string of the molecule is O=C(CCc1nc(-c2cccs2)no1)Nc1ccn(Cc2ccccn2)n1. The third-order valence-electron chi connectivity index (χ3n) is 3.73. The molecule has 0 bridgehead atoms. The van der Waals surface area contributed by atoms with E-state index >= 15 is 0 Å². The molecule has 4 aromatic heterocycles. The highest BCUT2D eigenvalue weighted by Gasteiger charge is 2.12. The third-order valence-corrected chi connectivity index (χ3v) is 4.60. The Morgan fingerprint density at radius 3 is 3.00 bits per heavy atom. The van der Waals surface area contributed by atoms with Crippen molar-refractivity contribution in [1.82, 2.24) is 24.9 Å². The van der Waals surface area contributed by atoms with Crippen LogP contribution in [0.3, 0.4) is 0 Å². The van der Waals surface area contributed by atoms with Crippen molar-refractivity contribution in [3.05, 3.63) is 65.8 Å². The van der Waals surface area contributed by atoms with Gasteiger partial charge in [0.05, 0.1) is 17.1 Å². The van der Waals surface area contributed by atoms with Gasteiger partial charge in [-0.25, -0.2) is 0 Å². The van der Waals surface area contributed by atoms with Gasteiger partial charge < -0.3 is 9.84 Å². The Bertz CT molecular complexity index is 1010. The zero-order valence-corrected chi connectivity index (χ0v) is 15.1. The molecule has 0 radical (unpaired) electrons. The summed E-state index contributed by atoms with van der Waals surface area (Å²) in [5.74, 6) is 1.33. The Morgan fingerprint density at radius 1 is 1.22 bits per heavy atom. The lowest BCUT2D eigenvalue weighted by atomic mass is 10.3. The van der Waals surface area contributed by atoms with Crippen LogP contribution in [0.2, 0.25) is 0 Å². The molecule has 8 nitrogen and oxygen atoms in total. The maximum absolute atomic E-state index is 12.1. The molecule has 27 heavy (non-hydrogen) atoms. The first-order valence-corrected chi connectivity index (χ1v) is 9.24. The summed E-state index contributed by atoms with van der Waals surface area (Å²) in [5, 5.41) is 13.0. The van der Waals surface area contributed by atoms with Crippen molar-refractivity contribution < 1.29 is 9.32 Å². The largest absolute Gasteiger partial charge is 0.339 e. The molecule has 9 heteroatoms. The van der Waals surface area contributed by atoms with Crippen LogP contribution < -0.4 is 5.32 Å². The van der Waals surface area contributed by atoms with Gasteiger partial charge in [-0.2, -0.15) is 10.1 Å². The Labute approximate surface area is 158 Å². The first-order chi connectivity index (χ1) is 13.3. The van der Waals surface area contributed by atoms with Gasteiger partial charge in [-0.1, -0.05) is 17.3 Å². The molecular formula is C18H16N6O2S. The van der Waals surface area contributed by atoms with E-state index < -0.39 is 0 Å². The summed E-state index contributed by atoms with van der Waals surface area (Å²) in [6.07, 6.45) is 4.15. The van der Waals surface area contributed by atoms with Gasteiger partial charge in [0.25, 0.3) is 0 Å². The predicted molar refractivity (Wildman–Crippen MR) is 100 cm³/mol. The van der Waals surface area contributed by atoms with E-state index in [0.29, 0.717) is 30.5 Å². The second-order valence-corrected chi connectivity index (χ2v) is 6.70. The number of pyridine rings is 1. The number of carbonyl (C=O) groups is 1. The van der Waals surface area contributed by atoms with Crippen molar-refractivity contribution in [3.8, 4) is 10.7 Å². The van der Waals surface area contributed by atoms with E-state index in [-0.39, 0.29) is 12.3 Å². The van der Waals surface area contributed by atoms with Gasteiger partial charge in [-0.05, 0) is 23.6 Å². The van der Waals surface area contributed by atoms with E-state index in [4.69, 9.17) is 4.52 Å². The van der Waals surface area contributed by atoms with E-state index in [9.17, 15) is 4.79 Å². The summed E-state index contributed by atoms with van der Waals surface area (Å²) in [6.45, 7) is 0.546. The van der Waals surface area contributed by atoms with Crippen LogP contribution in [0.4, 0.5) is 5.82 Å². The Morgan fingerprint density at radius 2 is 2.19 bits per heavy atom. The van der Waals surface area contributed by atoms with Crippen LogP contribution in [-0.2, 0) is 17.8 Å². The number of nitrogens with zero attached hydrogens (tertiary/aromatic N) is 5. The van der Waals surface area contributed by atoms with Crippen LogP contribution in [0.15, 0.2) is 58.7 Å². The molecule has 136 valence electrons. The standard InChI is InChI=1S/C18H16N6O2S/c25-16(6-7-17-21-18(23-26-17)14-5-3-11-27-14)20-15-8-10-24(22-15)12-13-4-1-2-9-19-13/h1-5,8-11H,6-7,12H2,(H,20,22,25). The fourth-order valence-electron chi connectivity index (χ4n) is 2.46. The van der Waals surface area contributed by atoms with Gasteiger partial charge in [0.2, 0.25) is 17.6 Å². The quantitative estimate of drug-likeness (QED) is 0.529. The van der Waals surface area contributed by atoms with Crippen molar-refractivity contribution in [2.24, 2.45) is 0 Å². The van der Waals surface area contributed by atoms with Crippen molar-refractivity contribution in [2.45, 2.75) is 19.4 Å². The summed E-state index contributed by atoms with van der Waals surface area (Å²) in [7, 11) is 0. The lowest BCUT2D eigenvalue weighted by Gasteiger charge is -2.01. The van der Waals surface area contributed by atoms with Crippen molar-refractivity contribution in [1.29, 1.82) is 0 Å². The Balaban J connectivity index is 1.28. The van der Waals surface area contributed by atoms with Gasteiger partial charge in [-0.15, -0.1) is 11.3 Å². The second kappa shape index (κ2) is 7.92. The molecule has 0 atom stereocenters. The van der Waals surface area contributed by atoms with Gasteiger partial charge in [0.1, 0.15) is 0 Å². The number of carbonyl (C=O) groups excluding carboxylic acids is 1. The smallest absolute Gasteiger partial charge is 0.227 e. The molecule has 0 aliphatic carbocycles. The number of nitrogens with one attached hydrogen (secondary N) is 1. The molecule has 4 rings (SSSR count). The fraction of sp³-hybridized carbons (Fsp3) is 0.167. The van der Waals surface area contributed by atoms with Crippen LogP contribution in [0, 0.1) is 0 Å². The maximum atomic E-state index is 12.1. The first-order valence-electron chi connectivity index (χ1n) is 8.36. The predicted octanol–water partition coefficient (Wildman–Crippen LogP) is 3.01. The zero-order valence-electron chi connectivity index (χ0n) is 14.3. The molecule has 1 N–H and O–H groups in total. The lowest BCUT2D eigenvalue weighted by Crippen LogP contribution is -2.13. The molecule has 0 unspecified atom stereocenters. The number of hydrogen-bond acceptors (Lipinski definition) is 7. The normalized spacial score (nSPS) is 10.8. The molecule has 1 amide bonds. The van der Waals surface area contributed by atoms with Crippen molar-refractivity contribution in [3.63, 3.8) is 0 Å². The zero-order chi connectivity index (χ0) is 18.5. The van der Waals surface area contributed by atoms with Gasteiger partial charge in [-0.3, -0.25) is 14.5 Å². The highest BCUT2D eigenvalue weighted by Crippen LogP contribution is 2.21. The summed E-state index contributed by atoms with van der Waals surface area (Å²) in [4.78, 5) is 21.6. The molecule has 0 aromatic carbocycles. The maximum Gasteiger partial charge on any atom is 0.227 e. The van der Waals surface area contributed by atoms with Gasteiger partial charge in [0, 0.05) is 31.3 Å². The van der Waals surface area contributed by atoms with Crippen LogP contribution in [0.1, 0.15) is 18.0 Å². The molecule has 0 aliphatic rings. The van der Waals surface area contributed by atoms with Gasteiger partial charge in [0.15, 0.2) is 5.82 Å². The molecule has 0 saturated carbocycles. The van der Waals surface area contributed by atoms with E-state index in [1.165, 1.54) is 11.3 Å². The number of rotatable bonds is 7. The number of thiophene rings is 1. The lowest BCUT2D eigenvalue weighted by molar-refractivity contribution is -0.116. The monoisotopic (exact) mass is 380 g/mol. The second-order valence-electron chi connectivity index (χ2n) is 5.76. The number of amides is 1. The third kappa shape index (κ3) is 4.45.